The van der Waals surface area contributed by atoms with E-state index >= 15 is 0 Å². The lowest BCUT2D eigenvalue weighted by Crippen LogP contribution is -2.25. The second-order valence-corrected chi connectivity index (χ2v) is 5.74. The van der Waals surface area contributed by atoms with Crippen molar-refractivity contribution in [2.45, 2.75) is 20.3 Å². The molecule has 0 spiro atoms. The summed E-state index contributed by atoms with van der Waals surface area (Å²) in [5.74, 6) is 0.905. The Bertz CT molecular complexity index is 838. The maximum Gasteiger partial charge on any atom is 0.251 e. The summed E-state index contributed by atoms with van der Waals surface area (Å²) < 4.78 is 5.64. The average Bonchev–Trinajstić information content (AvgIpc) is 3.04. The topological polar surface area (TPSA) is 68.0 Å². The van der Waals surface area contributed by atoms with Gasteiger partial charge < -0.3 is 9.73 Å². The Morgan fingerprint density at radius 1 is 1.04 bits per heavy atom. The Morgan fingerprint density at radius 3 is 2.58 bits per heavy atom. The van der Waals surface area contributed by atoms with E-state index in [4.69, 9.17) is 4.42 Å². The number of rotatable bonds is 5. The van der Waals surface area contributed by atoms with Crippen molar-refractivity contribution in [3.63, 3.8) is 0 Å². The van der Waals surface area contributed by atoms with Gasteiger partial charge in [0.05, 0.1) is 0 Å². The molecule has 3 rings (SSSR count). The number of carbonyl (C=O) groups excluding carboxylic acids is 1. The Balaban J connectivity index is 1.56. The Hall–Kier alpha value is -2.95. The van der Waals surface area contributed by atoms with E-state index in [1.54, 1.807) is 6.07 Å². The molecule has 1 heterocycles. The van der Waals surface area contributed by atoms with Crippen molar-refractivity contribution < 1.29 is 9.21 Å². The van der Waals surface area contributed by atoms with E-state index in [-0.39, 0.29) is 5.91 Å². The van der Waals surface area contributed by atoms with Gasteiger partial charge in [0, 0.05) is 24.1 Å². The molecule has 0 bridgehead atoms. The van der Waals surface area contributed by atoms with E-state index in [2.05, 4.69) is 15.5 Å². The fourth-order valence-electron chi connectivity index (χ4n) is 2.34. The monoisotopic (exact) mass is 321 g/mol. The zero-order valence-electron chi connectivity index (χ0n) is 13.7. The molecule has 0 aliphatic carbocycles. The summed E-state index contributed by atoms with van der Waals surface area (Å²) in [5, 5.41) is 10.9. The quantitative estimate of drug-likeness (QED) is 0.782. The number of amides is 1. The summed E-state index contributed by atoms with van der Waals surface area (Å²) in [6, 6.07) is 15.4. The molecule has 0 atom stereocenters. The highest BCUT2D eigenvalue weighted by atomic mass is 16.4. The minimum absolute atomic E-state index is 0.100. The first-order chi connectivity index (χ1) is 11.6. The van der Waals surface area contributed by atoms with Gasteiger partial charge in [0.15, 0.2) is 0 Å². The van der Waals surface area contributed by atoms with Gasteiger partial charge in [-0.1, -0.05) is 35.4 Å². The molecule has 0 fully saturated rings. The minimum atomic E-state index is -0.100. The molecule has 5 heteroatoms. The van der Waals surface area contributed by atoms with E-state index in [1.807, 2.05) is 56.3 Å². The van der Waals surface area contributed by atoms with Crippen LogP contribution in [0, 0.1) is 13.8 Å². The van der Waals surface area contributed by atoms with E-state index in [0.29, 0.717) is 30.3 Å². The van der Waals surface area contributed by atoms with Gasteiger partial charge in [0.1, 0.15) is 0 Å². The van der Waals surface area contributed by atoms with E-state index in [1.165, 1.54) is 5.56 Å². The Kier molecular flexibility index (Phi) is 4.70. The fourth-order valence-corrected chi connectivity index (χ4v) is 2.34. The van der Waals surface area contributed by atoms with Crippen LogP contribution in [-0.4, -0.2) is 22.6 Å². The number of carbonyl (C=O) groups is 1. The van der Waals surface area contributed by atoms with Crippen molar-refractivity contribution in [3.05, 3.63) is 71.1 Å². The van der Waals surface area contributed by atoms with Gasteiger partial charge in [-0.2, -0.15) is 0 Å². The first-order valence-corrected chi connectivity index (χ1v) is 7.86. The zero-order chi connectivity index (χ0) is 16.9. The van der Waals surface area contributed by atoms with E-state index < -0.39 is 0 Å². The molecule has 5 nitrogen and oxygen atoms in total. The summed E-state index contributed by atoms with van der Waals surface area (Å²) in [4.78, 5) is 12.1. The molecule has 1 N–H and O–H groups in total. The van der Waals surface area contributed by atoms with Crippen LogP contribution in [0.25, 0.3) is 11.5 Å². The maximum absolute atomic E-state index is 12.1. The standard InChI is InChI=1S/C19H19N3O2/c1-13-6-8-15(9-7-13)19-22-21-17(24-19)10-11-20-18(23)16-5-3-4-14(2)12-16/h3-9,12H,10-11H2,1-2H3,(H,20,23). The Morgan fingerprint density at radius 2 is 1.83 bits per heavy atom. The van der Waals surface area contributed by atoms with Crippen molar-refractivity contribution in [2.75, 3.05) is 6.54 Å². The van der Waals surface area contributed by atoms with Crippen LogP contribution < -0.4 is 5.32 Å². The molecular weight excluding hydrogens is 302 g/mol. The molecule has 0 aliphatic heterocycles. The summed E-state index contributed by atoms with van der Waals surface area (Å²) in [7, 11) is 0. The first-order valence-electron chi connectivity index (χ1n) is 7.86. The molecule has 2 aromatic carbocycles. The molecule has 1 aromatic heterocycles. The van der Waals surface area contributed by atoms with Gasteiger partial charge in [-0.15, -0.1) is 10.2 Å². The number of aryl methyl sites for hydroxylation is 2. The lowest BCUT2D eigenvalue weighted by molar-refractivity contribution is 0.0953. The molecule has 0 unspecified atom stereocenters. The van der Waals surface area contributed by atoms with Gasteiger partial charge >= 0.3 is 0 Å². The van der Waals surface area contributed by atoms with Crippen LogP contribution in [0.1, 0.15) is 27.4 Å². The predicted molar refractivity (Wildman–Crippen MR) is 91.7 cm³/mol. The van der Waals surface area contributed by atoms with Crippen molar-refractivity contribution in [3.8, 4) is 11.5 Å². The molecule has 0 saturated heterocycles. The van der Waals surface area contributed by atoms with Crippen molar-refractivity contribution in [1.82, 2.24) is 15.5 Å². The molecular formula is C19H19N3O2. The minimum Gasteiger partial charge on any atom is -0.421 e. The van der Waals surface area contributed by atoms with Gasteiger partial charge in [0.25, 0.3) is 5.91 Å². The lowest BCUT2D eigenvalue weighted by atomic mass is 10.1. The summed E-state index contributed by atoms with van der Waals surface area (Å²) in [6.07, 6.45) is 0.496. The first kappa shape index (κ1) is 15.9. The third kappa shape index (κ3) is 3.87. The summed E-state index contributed by atoms with van der Waals surface area (Å²) in [6.45, 7) is 4.43. The third-order valence-corrected chi connectivity index (χ3v) is 3.67. The highest BCUT2D eigenvalue weighted by molar-refractivity contribution is 5.94. The smallest absolute Gasteiger partial charge is 0.251 e. The van der Waals surface area contributed by atoms with Crippen LogP contribution in [0.3, 0.4) is 0 Å². The number of hydrogen-bond acceptors (Lipinski definition) is 4. The lowest BCUT2D eigenvalue weighted by Gasteiger charge is -2.04. The van der Waals surface area contributed by atoms with E-state index in [9.17, 15) is 4.79 Å². The highest BCUT2D eigenvalue weighted by Crippen LogP contribution is 2.18. The average molecular weight is 321 g/mol. The third-order valence-electron chi connectivity index (χ3n) is 3.67. The fraction of sp³-hybridized carbons (Fsp3) is 0.211. The SMILES string of the molecule is Cc1ccc(-c2nnc(CCNC(=O)c3cccc(C)c3)o2)cc1. The molecule has 0 aliphatic rings. The van der Waals surface area contributed by atoms with Gasteiger partial charge in [-0.05, 0) is 38.1 Å². The van der Waals surface area contributed by atoms with Crippen LogP contribution in [0.5, 0.6) is 0 Å². The Labute approximate surface area is 140 Å². The molecule has 0 radical (unpaired) electrons. The van der Waals surface area contributed by atoms with Crippen LogP contribution >= 0.6 is 0 Å². The number of aromatic nitrogens is 2. The van der Waals surface area contributed by atoms with Crippen molar-refractivity contribution in [2.24, 2.45) is 0 Å². The molecule has 0 saturated carbocycles. The summed E-state index contributed by atoms with van der Waals surface area (Å²) in [5.41, 5.74) is 3.78. The molecule has 24 heavy (non-hydrogen) atoms. The molecule has 1 amide bonds. The van der Waals surface area contributed by atoms with Crippen molar-refractivity contribution in [1.29, 1.82) is 0 Å². The van der Waals surface area contributed by atoms with Crippen molar-refractivity contribution >= 4 is 5.91 Å². The van der Waals surface area contributed by atoms with Crippen LogP contribution in [0.4, 0.5) is 0 Å². The normalized spacial score (nSPS) is 10.6. The molecule has 3 aromatic rings. The van der Waals surface area contributed by atoms with Crippen LogP contribution in [-0.2, 0) is 6.42 Å². The molecule has 122 valence electrons. The number of hydrogen-bond donors (Lipinski definition) is 1. The zero-order valence-corrected chi connectivity index (χ0v) is 13.7. The second kappa shape index (κ2) is 7.08. The van der Waals surface area contributed by atoms with Gasteiger partial charge in [-0.3, -0.25) is 4.79 Å². The summed E-state index contributed by atoms with van der Waals surface area (Å²) >= 11 is 0. The van der Waals surface area contributed by atoms with Crippen LogP contribution in [0.15, 0.2) is 52.9 Å². The van der Waals surface area contributed by atoms with Crippen LogP contribution in [0.2, 0.25) is 0 Å². The van der Waals surface area contributed by atoms with Gasteiger partial charge in [-0.25, -0.2) is 0 Å². The highest BCUT2D eigenvalue weighted by Gasteiger charge is 2.09. The second-order valence-electron chi connectivity index (χ2n) is 5.74. The number of benzene rings is 2. The maximum atomic E-state index is 12.1. The van der Waals surface area contributed by atoms with E-state index in [0.717, 1.165) is 11.1 Å². The number of nitrogens with one attached hydrogen (secondary N) is 1. The number of nitrogens with zero attached hydrogens (tertiary/aromatic N) is 2. The predicted octanol–water partition coefficient (Wildman–Crippen LogP) is 3.33. The largest absolute Gasteiger partial charge is 0.421 e. The van der Waals surface area contributed by atoms with Gasteiger partial charge in [0.2, 0.25) is 11.8 Å².